The molecule has 0 aromatic carbocycles. The highest BCUT2D eigenvalue weighted by atomic mass is 32.1. The van der Waals surface area contributed by atoms with Gasteiger partial charge in [0.15, 0.2) is 0 Å². The zero-order chi connectivity index (χ0) is 10.8. The fourth-order valence-electron chi connectivity index (χ4n) is 1.45. The maximum absolute atomic E-state index is 4.62. The van der Waals surface area contributed by atoms with Crippen molar-refractivity contribution in [3.63, 3.8) is 0 Å². The Morgan fingerprint density at radius 1 is 1.33 bits per heavy atom. The van der Waals surface area contributed by atoms with Crippen molar-refractivity contribution >= 4 is 22.7 Å². The van der Waals surface area contributed by atoms with Gasteiger partial charge in [-0.1, -0.05) is 0 Å². The second-order valence-corrected chi connectivity index (χ2v) is 5.35. The number of thiophene rings is 1. The van der Waals surface area contributed by atoms with E-state index in [9.17, 15) is 0 Å². The molecule has 0 radical (unpaired) electrons. The third kappa shape index (κ3) is 2.12. The lowest BCUT2D eigenvalue weighted by molar-refractivity contribution is 0.823. The molecule has 0 saturated carbocycles. The van der Waals surface area contributed by atoms with Crippen LogP contribution in [0.1, 0.15) is 16.1 Å². The van der Waals surface area contributed by atoms with Gasteiger partial charge in [0.1, 0.15) is 5.01 Å². The van der Waals surface area contributed by atoms with Gasteiger partial charge in [0, 0.05) is 22.4 Å². The van der Waals surface area contributed by atoms with Crippen LogP contribution < -0.4 is 5.32 Å². The quantitative estimate of drug-likeness (QED) is 0.888. The fourth-order valence-corrected chi connectivity index (χ4v) is 3.51. The van der Waals surface area contributed by atoms with Crippen molar-refractivity contribution in [2.45, 2.75) is 20.4 Å². The highest BCUT2D eigenvalue weighted by molar-refractivity contribution is 7.15. The largest absolute Gasteiger partial charge is 0.315 e. The summed E-state index contributed by atoms with van der Waals surface area (Å²) < 4.78 is 0. The minimum absolute atomic E-state index is 0.909. The van der Waals surface area contributed by atoms with Crippen LogP contribution in [-0.2, 0) is 6.54 Å². The van der Waals surface area contributed by atoms with E-state index in [1.165, 1.54) is 16.0 Å². The first-order valence-corrected chi connectivity index (χ1v) is 6.62. The molecule has 0 spiro atoms. The van der Waals surface area contributed by atoms with Gasteiger partial charge >= 0.3 is 0 Å². The molecule has 0 aliphatic rings. The van der Waals surface area contributed by atoms with Crippen LogP contribution in [0, 0.1) is 13.8 Å². The maximum atomic E-state index is 4.62. The first kappa shape index (κ1) is 10.8. The van der Waals surface area contributed by atoms with Gasteiger partial charge in [-0.15, -0.1) is 11.3 Å². The predicted octanol–water partition coefficient (Wildman–Crippen LogP) is 3.21. The smallest absolute Gasteiger partial charge is 0.125 e. The summed E-state index contributed by atoms with van der Waals surface area (Å²) in [6, 6.07) is 0. The monoisotopic (exact) mass is 238 g/mol. The second-order valence-electron chi connectivity index (χ2n) is 3.53. The first-order chi connectivity index (χ1) is 7.22. The topological polar surface area (TPSA) is 24.9 Å². The average Bonchev–Trinajstić information content (AvgIpc) is 2.75. The molecule has 2 aromatic heterocycles. The van der Waals surface area contributed by atoms with Crippen molar-refractivity contribution in [1.82, 2.24) is 10.3 Å². The van der Waals surface area contributed by atoms with E-state index in [4.69, 9.17) is 0 Å². The number of aryl methyl sites for hydroxylation is 2. The molecule has 0 fully saturated rings. The van der Waals surface area contributed by atoms with Crippen LogP contribution >= 0.6 is 22.7 Å². The van der Waals surface area contributed by atoms with Crippen LogP contribution in [-0.4, -0.2) is 12.0 Å². The number of nitrogens with zero attached hydrogens (tertiary/aromatic N) is 1. The van der Waals surface area contributed by atoms with Gasteiger partial charge in [-0.25, -0.2) is 4.98 Å². The van der Waals surface area contributed by atoms with Gasteiger partial charge < -0.3 is 5.32 Å². The highest BCUT2D eigenvalue weighted by Gasteiger charge is 2.10. The Balaban J connectivity index is 2.38. The van der Waals surface area contributed by atoms with Gasteiger partial charge in [0.25, 0.3) is 0 Å². The molecule has 4 heteroatoms. The summed E-state index contributed by atoms with van der Waals surface area (Å²) in [6.45, 7) is 5.13. The van der Waals surface area contributed by atoms with Crippen molar-refractivity contribution in [2.24, 2.45) is 0 Å². The molecule has 2 nitrogen and oxygen atoms in total. The fraction of sp³-hybridized carbons (Fsp3) is 0.364. The van der Waals surface area contributed by atoms with Gasteiger partial charge in [-0.3, -0.25) is 0 Å². The molecule has 2 aromatic rings. The highest BCUT2D eigenvalue weighted by Crippen LogP contribution is 2.32. The van der Waals surface area contributed by atoms with E-state index in [-0.39, 0.29) is 0 Å². The van der Waals surface area contributed by atoms with Crippen molar-refractivity contribution in [3.05, 3.63) is 26.9 Å². The standard InChI is InChI=1S/C11H14N2S2/c1-7-5-14-6-9(7)11-13-8(2)10(15-11)4-12-3/h5-6,12H,4H2,1-3H3. The Labute approximate surface area is 98.0 Å². The molecule has 0 unspecified atom stereocenters. The van der Waals surface area contributed by atoms with Gasteiger partial charge in [0.05, 0.1) is 5.69 Å². The van der Waals surface area contributed by atoms with Crippen molar-refractivity contribution in [2.75, 3.05) is 7.05 Å². The van der Waals surface area contributed by atoms with E-state index < -0.39 is 0 Å². The summed E-state index contributed by atoms with van der Waals surface area (Å²) in [4.78, 5) is 5.95. The summed E-state index contributed by atoms with van der Waals surface area (Å²) in [6.07, 6.45) is 0. The van der Waals surface area contributed by atoms with Crippen LogP contribution in [0.2, 0.25) is 0 Å². The Kier molecular flexibility index (Phi) is 3.19. The van der Waals surface area contributed by atoms with Crippen LogP contribution in [0.25, 0.3) is 10.6 Å². The van der Waals surface area contributed by atoms with Crippen LogP contribution in [0.3, 0.4) is 0 Å². The van der Waals surface area contributed by atoms with Crippen molar-refractivity contribution in [1.29, 1.82) is 0 Å². The van der Waals surface area contributed by atoms with Crippen LogP contribution in [0.5, 0.6) is 0 Å². The molecule has 0 atom stereocenters. The van der Waals surface area contributed by atoms with Crippen molar-refractivity contribution < 1.29 is 0 Å². The Morgan fingerprint density at radius 3 is 2.73 bits per heavy atom. The molecule has 0 aliphatic carbocycles. The minimum atomic E-state index is 0.909. The predicted molar refractivity (Wildman–Crippen MR) is 67.7 cm³/mol. The third-order valence-corrected chi connectivity index (χ3v) is 4.37. The molecule has 1 N–H and O–H groups in total. The Bertz CT molecular complexity index is 457. The van der Waals surface area contributed by atoms with Gasteiger partial charge in [0.2, 0.25) is 0 Å². The normalized spacial score (nSPS) is 10.9. The first-order valence-electron chi connectivity index (χ1n) is 4.86. The molecule has 0 bridgehead atoms. The molecule has 0 saturated heterocycles. The third-order valence-electron chi connectivity index (χ3n) is 2.32. The number of thiazole rings is 1. The Morgan fingerprint density at radius 2 is 2.13 bits per heavy atom. The summed E-state index contributed by atoms with van der Waals surface area (Å²) in [5, 5.41) is 8.67. The van der Waals surface area contributed by atoms with E-state index in [1.807, 2.05) is 7.05 Å². The number of hydrogen-bond donors (Lipinski definition) is 1. The molecular weight excluding hydrogens is 224 g/mol. The van der Waals surface area contributed by atoms with E-state index in [2.05, 4.69) is 34.9 Å². The van der Waals surface area contributed by atoms with E-state index in [1.54, 1.807) is 22.7 Å². The molecule has 2 rings (SSSR count). The average molecular weight is 238 g/mol. The van der Waals surface area contributed by atoms with Crippen LogP contribution in [0.4, 0.5) is 0 Å². The lowest BCUT2D eigenvalue weighted by Crippen LogP contribution is -2.04. The molecule has 2 heterocycles. The van der Waals surface area contributed by atoms with Gasteiger partial charge in [-0.2, -0.15) is 11.3 Å². The van der Waals surface area contributed by atoms with Crippen LogP contribution in [0.15, 0.2) is 10.8 Å². The summed E-state index contributed by atoms with van der Waals surface area (Å²) in [5.74, 6) is 0. The molecule has 0 aliphatic heterocycles. The molecular formula is C11H14N2S2. The number of aromatic nitrogens is 1. The zero-order valence-electron chi connectivity index (χ0n) is 9.13. The van der Waals surface area contributed by atoms with E-state index >= 15 is 0 Å². The van der Waals surface area contributed by atoms with Crippen molar-refractivity contribution in [3.8, 4) is 10.6 Å². The number of hydrogen-bond acceptors (Lipinski definition) is 4. The summed E-state index contributed by atoms with van der Waals surface area (Å²) in [7, 11) is 1.97. The number of rotatable bonds is 3. The Hall–Kier alpha value is -0.710. The van der Waals surface area contributed by atoms with E-state index in [0.717, 1.165) is 17.2 Å². The number of nitrogens with one attached hydrogen (secondary N) is 1. The zero-order valence-corrected chi connectivity index (χ0v) is 10.8. The lowest BCUT2D eigenvalue weighted by atomic mass is 10.2. The summed E-state index contributed by atoms with van der Waals surface area (Å²) in [5.41, 5.74) is 3.76. The second kappa shape index (κ2) is 4.43. The molecule has 15 heavy (non-hydrogen) atoms. The minimum Gasteiger partial charge on any atom is -0.315 e. The SMILES string of the molecule is CNCc1sc(-c2cscc2C)nc1C. The molecule has 80 valence electrons. The maximum Gasteiger partial charge on any atom is 0.125 e. The van der Waals surface area contributed by atoms with E-state index in [0.29, 0.717) is 0 Å². The summed E-state index contributed by atoms with van der Waals surface area (Å²) >= 11 is 3.53. The molecule has 0 amide bonds. The van der Waals surface area contributed by atoms with Gasteiger partial charge in [-0.05, 0) is 31.8 Å². The lowest BCUT2D eigenvalue weighted by Gasteiger charge is -1.93.